The first kappa shape index (κ1) is 23.1. The van der Waals surface area contributed by atoms with Crippen molar-refractivity contribution in [1.82, 2.24) is 9.88 Å². The molecule has 35 heavy (non-hydrogen) atoms. The zero-order chi connectivity index (χ0) is 24.7. The lowest BCUT2D eigenvalue weighted by atomic mass is 9.92. The molecule has 1 aliphatic rings. The number of aliphatic hydroxyl groups excluding tert-OH is 1. The largest absolute Gasteiger partial charge is 0.503 e. The second-order valence-electron chi connectivity index (χ2n) is 8.90. The number of nitrogens with zero attached hydrogens (tertiary/aromatic N) is 2. The minimum Gasteiger partial charge on any atom is -0.503 e. The van der Waals surface area contributed by atoms with Gasteiger partial charge in [-0.2, -0.15) is 0 Å². The van der Waals surface area contributed by atoms with Gasteiger partial charge in [-0.15, -0.1) is 0 Å². The Labute approximate surface area is 211 Å². The zero-order valence-corrected chi connectivity index (χ0v) is 20.8. The maximum atomic E-state index is 13.7. The molecule has 1 atom stereocenters. The van der Waals surface area contributed by atoms with Crippen LogP contribution >= 0.6 is 15.9 Å². The van der Waals surface area contributed by atoms with E-state index in [9.17, 15) is 14.7 Å². The van der Waals surface area contributed by atoms with Gasteiger partial charge in [-0.25, -0.2) is 0 Å². The maximum absolute atomic E-state index is 13.7. The lowest BCUT2D eigenvalue weighted by molar-refractivity contribution is -0.130. The Bertz CT molecular complexity index is 1460. The fraction of sp³-hybridized carbons (Fsp3) is 0.179. The molecule has 0 aliphatic carbocycles. The molecule has 0 bridgehead atoms. The van der Waals surface area contributed by atoms with E-state index < -0.39 is 23.5 Å². The van der Waals surface area contributed by atoms with Gasteiger partial charge >= 0.3 is 0 Å². The molecule has 2 aromatic heterocycles. The molecular formula is C28H23BrN2O4. The number of Topliss-reactive ketones (excluding diaryl/α,β-unsaturated/α-hetero) is 1. The van der Waals surface area contributed by atoms with E-state index >= 15 is 0 Å². The average molecular weight is 531 g/mol. The summed E-state index contributed by atoms with van der Waals surface area (Å²) in [6.45, 7) is 4.42. The Morgan fingerprint density at radius 3 is 2.49 bits per heavy atom. The minimum atomic E-state index is -0.760. The molecule has 1 unspecified atom stereocenters. The first-order valence-electron chi connectivity index (χ1n) is 11.3. The average Bonchev–Trinajstić information content (AvgIpc) is 3.38. The molecular weight excluding hydrogens is 508 g/mol. The number of aliphatic hydroxyl groups is 1. The van der Waals surface area contributed by atoms with E-state index in [0.717, 1.165) is 26.5 Å². The molecule has 6 nitrogen and oxygen atoms in total. The highest BCUT2D eigenvalue weighted by Crippen LogP contribution is 2.41. The Kier molecular flexibility index (Phi) is 6.03. The summed E-state index contributed by atoms with van der Waals surface area (Å²) < 4.78 is 6.67. The number of pyridine rings is 1. The number of hydrogen-bond acceptors (Lipinski definition) is 5. The molecule has 176 valence electrons. The van der Waals surface area contributed by atoms with Crippen molar-refractivity contribution in [2.45, 2.75) is 32.4 Å². The third-order valence-electron chi connectivity index (χ3n) is 6.27. The predicted molar refractivity (Wildman–Crippen MR) is 136 cm³/mol. The number of carbonyl (C=O) groups excluding carboxylic acids is 2. The normalized spacial score (nSPS) is 16.1. The van der Waals surface area contributed by atoms with E-state index in [1.54, 1.807) is 36.7 Å². The second-order valence-corrected chi connectivity index (χ2v) is 9.81. The number of ketones is 1. The van der Waals surface area contributed by atoms with Gasteiger partial charge in [-0.05, 0) is 59.0 Å². The number of halogens is 1. The Morgan fingerprint density at radius 2 is 1.80 bits per heavy atom. The van der Waals surface area contributed by atoms with Crippen LogP contribution in [0, 0.1) is 0 Å². The van der Waals surface area contributed by atoms with Gasteiger partial charge in [0, 0.05) is 28.8 Å². The second kappa shape index (κ2) is 9.15. The highest BCUT2D eigenvalue weighted by molar-refractivity contribution is 9.10. The van der Waals surface area contributed by atoms with Crippen LogP contribution in [0.4, 0.5) is 0 Å². The molecule has 0 saturated heterocycles. The Hall–Kier alpha value is -3.71. The molecule has 7 heteroatoms. The van der Waals surface area contributed by atoms with Crippen molar-refractivity contribution in [1.29, 1.82) is 0 Å². The molecule has 3 heterocycles. The van der Waals surface area contributed by atoms with Crippen molar-refractivity contribution >= 4 is 38.6 Å². The summed E-state index contributed by atoms with van der Waals surface area (Å²) in [5, 5.41) is 11.7. The van der Waals surface area contributed by atoms with Gasteiger partial charge in [0.15, 0.2) is 11.5 Å². The monoisotopic (exact) mass is 530 g/mol. The van der Waals surface area contributed by atoms with E-state index in [4.69, 9.17) is 4.42 Å². The van der Waals surface area contributed by atoms with Crippen LogP contribution in [0.25, 0.3) is 11.0 Å². The van der Waals surface area contributed by atoms with Crippen molar-refractivity contribution < 1.29 is 19.1 Å². The topological polar surface area (TPSA) is 83.6 Å². The van der Waals surface area contributed by atoms with Crippen LogP contribution in [0.15, 0.2) is 93.3 Å². The summed E-state index contributed by atoms with van der Waals surface area (Å²) in [5.74, 6) is -1.26. The molecule has 4 aromatic rings. The zero-order valence-electron chi connectivity index (χ0n) is 19.2. The van der Waals surface area contributed by atoms with Crippen LogP contribution in [0.1, 0.15) is 53.1 Å². The van der Waals surface area contributed by atoms with Crippen LogP contribution in [0.3, 0.4) is 0 Å². The van der Waals surface area contributed by atoms with Crippen LogP contribution in [0.2, 0.25) is 0 Å². The summed E-state index contributed by atoms with van der Waals surface area (Å²) >= 11 is 3.43. The van der Waals surface area contributed by atoms with E-state index in [-0.39, 0.29) is 17.9 Å². The van der Waals surface area contributed by atoms with Crippen molar-refractivity contribution in [3.8, 4) is 0 Å². The third kappa shape index (κ3) is 4.28. The standard InChI is InChI=1S/C28H23BrN2O4/c1-16(2)18-3-5-19(6-4-18)25-24(26(32)23-14-20-13-21(29)7-8-22(20)35-23)27(33)28(34)31(25)15-17-9-11-30-12-10-17/h3-14,16,25,33H,15H2,1-2H3. The first-order chi connectivity index (χ1) is 16.8. The Balaban J connectivity index is 1.59. The highest BCUT2D eigenvalue weighted by Gasteiger charge is 2.44. The van der Waals surface area contributed by atoms with Gasteiger partial charge in [-0.3, -0.25) is 14.6 Å². The van der Waals surface area contributed by atoms with E-state index in [1.807, 2.05) is 36.4 Å². The molecule has 1 amide bonds. The van der Waals surface area contributed by atoms with Crippen molar-refractivity contribution in [3.63, 3.8) is 0 Å². The number of rotatable bonds is 6. The summed E-state index contributed by atoms with van der Waals surface area (Å²) in [6, 6.07) is 17.7. The molecule has 2 aromatic carbocycles. The van der Waals surface area contributed by atoms with E-state index in [1.165, 1.54) is 4.90 Å². The number of carbonyl (C=O) groups is 2. The van der Waals surface area contributed by atoms with Gasteiger partial charge in [0.25, 0.3) is 5.91 Å². The molecule has 0 saturated carbocycles. The van der Waals surface area contributed by atoms with Crippen LogP contribution in [-0.2, 0) is 11.3 Å². The molecule has 5 rings (SSSR count). The fourth-order valence-electron chi connectivity index (χ4n) is 4.40. The predicted octanol–water partition coefficient (Wildman–Crippen LogP) is 6.49. The van der Waals surface area contributed by atoms with Crippen molar-refractivity contribution in [2.24, 2.45) is 0 Å². The molecule has 0 fully saturated rings. The smallest absolute Gasteiger partial charge is 0.290 e. The quantitative estimate of drug-likeness (QED) is 0.288. The minimum absolute atomic E-state index is 0.0134. The SMILES string of the molecule is CC(C)c1ccc(C2C(C(=O)c3cc4cc(Br)ccc4o3)=C(O)C(=O)N2Cc2ccncc2)cc1. The van der Waals surface area contributed by atoms with Crippen LogP contribution < -0.4 is 0 Å². The van der Waals surface area contributed by atoms with Gasteiger partial charge < -0.3 is 14.4 Å². The van der Waals surface area contributed by atoms with Crippen molar-refractivity contribution in [3.05, 3.63) is 111 Å². The number of amides is 1. The van der Waals surface area contributed by atoms with Crippen LogP contribution in [0.5, 0.6) is 0 Å². The van der Waals surface area contributed by atoms with Gasteiger partial charge in [0.2, 0.25) is 5.78 Å². The fourth-order valence-corrected chi connectivity index (χ4v) is 4.78. The number of fused-ring (bicyclic) bond motifs is 1. The summed E-state index contributed by atoms with van der Waals surface area (Å²) in [6.07, 6.45) is 3.29. The molecule has 1 N–H and O–H groups in total. The number of hydrogen-bond donors (Lipinski definition) is 1. The van der Waals surface area contributed by atoms with E-state index in [2.05, 4.69) is 34.8 Å². The van der Waals surface area contributed by atoms with Crippen LogP contribution in [-0.4, -0.2) is 26.7 Å². The van der Waals surface area contributed by atoms with Crippen molar-refractivity contribution in [2.75, 3.05) is 0 Å². The highest BCUT2D eigenvalue weighted by atomic mass is 79.9. The molecule has 1 aliphatic heterocycles. The lowest BCUT2D eigenvalue weighted by Gasteiger charge is -2.27. The van der Waals surface area contributed by atoms with Gasteiger partial charge in [0.05, 0.1) is 11.6 Å². The summed E-state index contributed by atoms with van der Waals surface area (Å²) in [7, 11) is 0. The first-order valence-corrected chi connectivity index (χ1v) is 12.1. The van der Waals surface area contributed by atoms with E-state index in [0.29, 0.717) is 11.5 Å². The summed E-state index contributed by atoms with van der Waals surface area (Å²) in [4.78, 5) is 32.5. The molecule has 0 spiro atoms. The number of aromatic nitrogens is 1. The van der Waals surface area contributed by atoms with Gasteiger partial charge in [-0.1, -0.05) is 54.0 Å². The number of furan rings is 1. The molecule has 0 radical (unpaired) electrons. The summed E-state index contributed by atoms with van der Waals surface area (Å²) in [5.41, 5.74) is 3.28. The lowest BCUT2D eigenvalue weighted by Crippen LogP contribution is -2.30. The maximum Gasteiger partial charge on any atom is 0.290 e. The Morgan fingerprint density at radius 1 is 1.09 bits per heavy atom. The third-order valence-corrected chi connectivity index (χ3v) is 6.76. The van der Waals surface area contributed by atoms with Gasteiger partial charge in [0.1, 0.15) is 5.58 Å². The number of benzene rings is 2.